The lowest BCUT2D eigenvalue weighted by Gasteiger charge is -2.08. The average molecular weight is 246 g/mol. The van der Waals surface area contributed by atoms with Crippen molar-refractivity contribution in [2.24, 2.45) is 0 Å². The van der Waals surface area contributed by atoms with Crippen LogP contribution in [0.2, 0.25) is 0 Å². The number of nitrogens with zero attached hydrogens (tertiary/aromatic N) is 2. The molecule has 2 aromatic heterocycles. The predicted molar refractivity (Wildman–Crippen MR) is 64.8 cm³/mol. The van der Waals surface area contributed by atoms with E-state index in [1.54, 1.807) is 19.4 Å². The first-order valence-corrected chi connectivity index (χ1v) is 5.94. The van der Waals surface area contributed by atoms with Gasteiger partial charge in [-0.15, -0.1) is 0 Å². The summed E-state index contributed by atoms with van der Waals surface area (Å²) in [6, 6.07) is 3.62. The van der Waals surface area contributed by atoms with Gasteiger partial charge >= 0.3 is 5.97 Å². The van der Waals surface area contributed by atoms with Gasteiger partial charge in [0.15, 0.2) is 5.65 Å². The molecule has 0 aromatic carbocycles. The lowest BCUT2D eigenvalue weighted by atomic mass is 10.2. The van der Waals surface area contributed by atoms with Crippen LogP contribution in [0, 0.1) is 0 Å². The number of ether oxygens (including phenoxy) is 1. The van der Waals surface area contributed by atoms with E-state index in [9.17, 15) is 4.79 Å². The van der Waals surface area contributed by atoms with Gasteiger partial charge in [0, 0.05) is 19.0 Å². The van der Waals surface area contributed by atoms with Gasteiger partial charge in [0.25, 0.3) is 0 Å². The Bertz CT molecular complexity index is 614. The molecule has 3 rings (SSSR count). The maximum atomic E-state index is 11.2. The predicted octanol–water partition coefficient (Wildman–Crippen LogP) is 2.06. The Hall–Kier alpha value is -1.88. The van der Waals surface area contributed by atoms with E-state index in [0.717, 1.165) is 24.2 Å². The van der Waals surface area contributed by atoms with Gasteiger partial charge in [-0.05, 0) is 30.9 Å². The number of hydrogen-bond donors (Lipinski definition) is 1. The van der Waals surface area contributed by atoms with Crippen LogP contribution in [0.25, 0.3) is 5.65 Å². The lowest BCUT2D eigenvalue weighted by Crippen LogP contribution is -2.04. The summed E-state index contributed by atoms with van der Waals surface area (Å²) >= 11 is 0. The highest BCUT2D eigenvalue weighted by Gasteiger charge is 2.27. The number of rotatable bonds is 4. The minimum Gasteiger partial charge on any atom is -0.478 e. The van der Waals surface area contributed by atoms with Gasteiger partial charge < -0.3 is 14.2 Å². The second-order valence-corrected chi connectivity index (χ2v) is 4.61. The molecule has 1 N–H and O–H groups in total. The summed E-state index contributed by atoms with van der Waals surface area (Å²) in [5, 5.41) is 9.15. The third-order valence-corrected chi connectivity index (χ3v) is 3.22. The van der Waals surface area contributed by atoms with Crippen molar-refractivity contribution >= 4 is 11.6 Å². The largest absolute Gasteiger partial charge is 0.478 e. The van der Waals surface area contributed by atoms with E-state index in [1.807, 2.05) is 10.5 Å². The first-order valence-electron chi connectivity index (χ1n) is 5.94. The normalized spacial score (nSPS) is 15.2. The summed E-state index contributed by atoms with van der Waals surface area (Å²) in [4.78, 5) is 15.5. The average Bonchev–Trinajstić information content (AvgIpc) is 3.08. The van der Waals surface area contributed by atoms with Crippen LogP contribution in [0.15, 0.2) is 18.3 Å². The smallest absolute Gasteiger partial charge is 0.339 e. The first-order chi connectivity index (χ1) is 8.70. The Balaban J connectivity index is 2.22. The fraction of sp³-hybridized carbons (Fsp3) is 0.385. The summed E-state index contributed by atoms with van der Waals surface area (Å²) in [5.41, 5.74) is 2.68. The van der Waals surface area contributed by atoms with Gasteiger partial charge in [-0.3, -0.25) is 0 Å². The molecule has 0 atom stereocenters. The Morgan fingerprint density at radius 3 is 3.00 bits per heavy atom. The Kier molecular flexibility index (Phi) is 2.56. The highest BCUT2D eigenvalue weighted by molar-refractivity contribution is 5.94. The first kappa shape index (κ1) is 11.2. The molecule has 0 bridgehead atoms. The fourth-order valence-corrected chi connectivity index (χ4v) is 2.24. The van der Waals surface area contributed by atoms with Gasteiger partial charge in [0.1, 0.15) is 5.56 Å². The third kappa shape index (κ3) is 1.76. The van der Waals surface area contributed by atoms with E-state index in [-0.39, 0.29) is 5.56 Å². The molecule has 0 spiro atoms. The summed E-state index contributed by atoms with van der Waals surface area (Å²) in [7, 11) is 1.61. The number of carboxylic acids is 1. The molecule has 0 amide bonds. The quantitative estimate of drug-likeness (QED) is 0.896. The maximum absolute atomic E-state index is 11.2. The molecule has 1 fully saturated rings. The zero-order chi connectivity index (χ0) is 12.7. The third-order valence-electron chi connectivity index (χ3n) is 3.22. The summed E-state index contributed by atoms with van der Waals surface area (Å²) < 4.78 is 6.98. The number of carbonyl (C=O) groups is 1. The van der Waals surface area contributed by atoms with Gasteiger partial charge in [0.05, 0.1) is 12.3 Å². The van der Waals surface area contributed by atoms with Gasteiger partial charge in [-0.25, -0.2) is 9.78 Å². The van der Waals surface area contributed by atoms with Crippen LogP contribution in [0.1, 0.15) is 40.5 Å². The molecule has 1 aliphatic carbocycles. The Morgan fingerprint density at radius 1 is 1.61 bits per heavy atom. The highest BCUT2D eigenvalue weighted by Crippen LogP contribution is 2.40. The van der Waals surface area contributed by atoms with Crippen molar-refractivity contribution in [3.63, 3.8) is 0 Å². The topological polar surface area (TPSA) is 63.8 Å². The zero-order valence-electron chi connectivity index (χ0n) is 10.1. The van der Waals surface area contributed by atoms with E-state index >= 15 is 0 Å². The minimum absolute atomic E-state index is 0.245. The van der Waals surface area contributed by atoms with Crippen molar-refractivity contribution in [3.05, 3.63) is 35.3 Å². The van der Waals surface area contributed by atoms with Gasteiger partial charge in [-0.1, -0.05) is 0 Å². The van der Waals surface area contributed by atoms with Crippen LogP contribution >= 0.6 is 0 Å². The maximum Gasteiger partial charge on any atom is 0.339 e. The molecule has 1 saturated carbocycles. The van der Waals surface area contributed by atoms with Crippen LogP contribution in [-0.2, 0) is 11.3 Å². The SMILES string of the molecule is COCc1cc(C2CC2)n2ccc(C(=O)O)c2n1. The van der Waals surface area contributed by atoms with E-state index in [4.69, 9.17) is 9.84 Å². The molecule has 5 nitrogen and oxygen atoms in total. The lowest BCUT2D eigenvalue weighted by molar-refractivity contribution is 0.0699. The van der Waals surface area contributed by atoms with Crippen molar-refractivity contribution < 1.29 is 14.6 Å². The molecular formula is C13H14N2O3. The molecule has 0 unspecified atom stereocenters. The van der Waals surface area contributed by atoms with Crippen molar-refractivity contribution in [1.29, 1.82) is 0 Å². The molecule has 0 radical (unpaired) electrons. The number of carboxylic acid groups (broad SMARTS) is 1. The van der Waals surface area contributed by atoms with E-state index in [0.29, 0.717) is 18.2 Å². The van der Waals surface area contributed by atoms with E-state index in [2.05, 4.69) is 4.98 Å². The van der Waals surface area contributed by atoms with Crippen LogP contribution < -0.4 is 0 Å². The number of aromatic carboxylic acids is 1. The minimum atomic E-state index is -0.943. The molecule has 5 heteroatoms. The van der Waals surface area contributed by atoms with Crippen LogP contribution in [0.4, 0.5) is 0 Å². The Labute approximate surface area is 104 Å². The molecule has 18 heavy (non-hydrogen) atoms. The summed E-state index contributed by atoms with van der Waals surface area (Å²) in [6.07, 6.45) is 4.11. The molecular weight excluding hydrogens is 232 g/mol. The molecule has 2 heterocycles. The summed E-state index contributed by atoms with van der Waals surface area (Å²) in [6.45, 7) is 0.403. The number of aromatic nitrogens is 2. The molecule has 2 aromatic rings. The second kappa shape index (κ2) is 4.10. The highest BCUT2D eigenvalue weighted by atomic mass is 16.5. The summed E-state index contributed by atoms with van der Waals surface area (Å²) in [5.74, 6) is -0.415. The van der Waals surface area contributed by atoms with Crippen molar-refractivity contribution in [3.8, 4) is 0 Å². The van der Waals surface area contributed by atoms with Crippen LogP contribution in [0.3, 0.4) is 0 Å². The zero-order valence-corrected chi connectivity index (χ0v) is 10.1. The number of methoxy groups -OCH3 is 1. The van der Waals surface area contributed by atoms with Crippen molar-refractivity contribution in [2.45, 2.75) is 25.4 Å². The van der Waals surface area contributed by atoms with E-state index in [1.165, 1.54) is 0 Å². The van der Waals surface area contributed by atoms with Crippen molar-refractivity contribution in [1.82, 2.24) is 9.38 Å². The van der Waals surface area contributed by atoms with E-state index < -0.39 is 5.97 Å². The van der Waals surface area contributed by atoms with Crippen molar-refractivity contribution in [2.75, 3.05) is 7.11 Å². The fourth-order valence-electron chi connectivity index (χ4n) is 2.24. The molecule has 0 aliphatic heterocycles. The second-order valence-electron chi connectivity index (χ2n) is 4.61. The Morgan fingerprint density at radius 2 is 2.39 bits per heavy atom. The van der Waals surface area contributed by atoms with Gasteiger partial charge in [-0.2, -0.15) is 0 Å². The monoisotopic (exact) mass is 246 g/mol. The van der Waals surface area contributed by atoms with Crippen LogP contribution in [-0.4, -0.2) is 27.6 Å². The standard InChI is InChI=1S/C13H14N2O3/c1-18-7-9-6-11(8-2-3-8)15-5-4-10(13(16)17)12(15)14-9/h4-6,8H,2-3,7H2,1H3,(H,16,17). The molecule has 1 aliphatic rings. The van der Waals surface area contributed by atoms with Gasteiger partial charge in [0.2, 0.25) is 0 Å². The molecule has 94 valence electrons. The number of hydrogen-bond acceptors (Lipinski definition) is 3. The molecule has 0 saturated heterocycles. The number of fused-ring (bicyclic) bond motifs is 1. The van der Waals surface area contributed by atoms with Crippen LogP contribution in [0.5, 0.6) is 0 Å².